The van der Waals surface area contributed by atoms with Crippen LogP contribution in [-0.4, -0.2) is 31.5 Å². The molecular formula is C18H16O5S2. The monoisotopic (exact) mass is 376 g/mol. The fourth-order valence-corrected chi connectivity index (χ4v) is 4.25. The van der Waals surface area contributed by atoms with E-state index >= 15 is 0 Å². The van der Waals surface area contributed by atoms with E-state index in [1.807, 2.05) is 30.3 Å². The summed E-state index contributed by atoms with van der Waals surface area (Å²) in [7, 11) is -3.33. The Morgan fingerprint density at radius 1 is 1.04 bits per heavy atom. The van der Waals surface area contributed by atoms with Gasteiger partial charge < -0.3 is 9.84 Å². The van der Waals surface area contributed by atoms with Gasteiger partial charge in [0.1, 0.15) is 4.91 Å². The zero-order valence-electron chi connectivity index (χ0n) is 13.6. The van der Waals surface area contributed by atoms with Gasteiger partial charge in [0.15, 0.2) is 9.84 Å². The van der Waals surface area contributed by atoms with Crippen molar-refractivity contribution < 1.29 is 23.1 Å². The van der Waals surface area contributed by atoms with Crippen molar-refractivity contribution in [2.24, 2.45) is 0 Å². The first kappa shape index (κ1) is 17.7. The second-order valence-corrected chi connectivity index (χ2v) is 8.89. The summed E-state index contributed by atoms with van der Waals surface area (Å²) in [5.41, 5.74) is 0.855. The van der Waals surface area contributed by atoms with Crippen molar-refractivity contribution in [1.29, 1.82) is 0 Å². The number of esters is 1. The van der Waals surface area contributed by atoms with Crippen molar-refractivity contribution in [3.63, 3.8) is 0 Å². The minimum absolute atomic E-state index is 0.166. The number of carbonyl (C=O) groups is 1. The van der Waals surface area contributed by atoms with Crippen molar-refractivity contribution in [2.45, 2.75) is 22.5 Å². The van der Waals surface area contributed by atoms with E-state index in [2.05, 4.69) is 0 Å². The molecule has 1 heterocycles. The van der Waals surface area contributed by atoms with Gasteiger partial charge in [0.25, 0.3) is 0 Å². The van der Waals surface area contributed by atoms with Crippen LogP contribution in [0.1, 0.15) is 12.5 Å². The van der Waals surface area contributed by atoms with E-state index in [-0.39, 0.29) is 9.80 Å². The fourth-order valence-electron chi connectivity index (χ4n) is 2.56. The normalized spacial score (nSPS) is 20.7. The van der Waals surface area contributed by atoms with Crippen LogP contribution in [0.4, 0.5) is 0 Å². The molecule has 1 N–H and O–H groups in total. The Morgan fingerprint density at radius 3 is 2.20 bits per heavy atom. The molecule has 0 aromatic heterocycles. The van der Waals surface area contributed by atoms with Gasteiger partial charge in [0, 0.05) is 18.1 Å². The van der Waals surface area contributed by atoms with Crippen LogP contribution in [0, 0.1) is 0 Å². The van der Waals surface area contributed by atoms with Crippen LogP contribution >= 0.6 is 11.8 Å². The third-order valence-electron chi connectivity index (χ3n) is 3.70. The van der Waals surface area contributed by atoms with Gasteiger partial charge in [-0.15, -0.1) is 0 Å². The Morgan fingerprint density at radius 2 is 1.64 bits per heavy atom. The smallest absolute Gasteiger partial charge is 0.348 e. The molecule has 3 rings (SSSR count). The van der Waals surface area contributed by atoms with Crippen LogP contribution in [0.15, 0.2) is 69.3 Å². The van der Waals surface area contributed by atoms with Crippen LogP contribution in [0.3, 0.4) is 0 Å². The van der Waals surface area contributed by atoms with E-state index in [4.69, 9.17) is 4.74 Å². The zero-order valence-corrected chi connectivity index (χ0v) is 15.2. The van der Waals surface area contributed by atoms with Gasteiger partial charge >= 0.3 is 5.97 Å². The Balaban J connectivity index is 2.09. The topological polar surface area (TPSA) is 80.7 Å². The molecule has 0 amide bonds. The summed E-state index contributed by atoms with van der Waals surface area (Å²) in [5, 5.41) is 10.5. The minimum Gasteiger partial charge on any atom is -0.425 e. The summed E-state index contributed by atoms with van der Waals surface area (Å²) >= 11 is 1.20. The van der Waals surface area contributed by atoms with E-state index < -0.39 is 21.6 Å². The highest BCUT2D eigenvalue weighted by Gasteiger charge is 2.43. The zero-order chi connectivity index (χ0) is 18.2. The Labute approximate surface area is 150 Å². The third kappa shape index (κ3) is 3.63. The molecule has 1 aliphatic heterocycles. The fraction of sp³-hybridized carbons (Fsp3) is 0.167. The number of rotatable bonds is 4. The highest BCUT2D eigenvalue weighted by Crippen LogP contribution is 2.45. The van der Waals surface area contributed by atoms with Gasteiger partial charge in [-0.2, -0.15) is 0 Å². The van der Waals surface area contributed by atoms with E-state index in [1.54, 1.807) is 12.1 Å². The maximum Gasteiger partial charge on any atom is 0.348 e. The molecule has 2 aromatic carbocycles. The molecule has 1 atom stereocenters. The standard InChI is InChI=1S/C18H16O5S2/c1-18(20)15(12-8-10-14(11-9-12)25(2,21)22)16(17(19)23-18)24-13-6-4-3-5-7-13/h3-11,20H,1-2H3. The molecule has 0 radical (unpaired) electrons. The molecule has 0 fully saturated rings. The van der Waals surface area contributed by atoms with Gasteiger partial charge in [0.05, 0.1) is 10.5 Å². The van der Waals surface area contributed by atoms with Gasteiger partial charge in [-0.05, 0) is 29.8 Å². The van der Waals surface area contributed by atoms with E-state index in [9.17, 15) is 18.3 Å². The summed E-state index contributed by atoms with van der Waals surface area (Å²) in [5.74, 6) is -2.39. The average Bonchev–Trinajstić information content (AvgIpc) is 2.76. The molecular weight excluding hydrogens is 360 g/mol. The van der Waals surface area contributed by atoms with Crippen molar-refractivity contribution in [1.82, 2.24) is 0 Å². The molecule has 1 aliphatic rings. The number of hydrogen-bond donors (Lipinski definition) is 1. The molecule has 25 heavy (non-hydrogen) atoms. The quantitative estimate of drug-likeness (QED) is 0.827. The molecule has 2 aromatic rings. The third-order valence-corrected chi connectivity index (χ3v) is 5.91. The van der Waals surface area contributed by atoms with Crippen LogP contribution in [-0.2, 0) is 19.4 Å². The van der Waals surface area contributed by atoms with Crippen LogP contribution < -0.4 is 0 Å². The lowest BCUT2D eigenvalue weighted by atomic mass is 10.00. The lowest BCUT2D eigenvalue weighted by Gasteiger charge is -2.20. The maximum atomic E-state index is 12.2. The molecule has 5 nitrogen and oxygen atoms in total. The summed E-state index contributed by atoms with van der Waals surface area (Å²) in [6, 6.07) is 15.3. The minimum atomic E-state index is -3.33. The van der Waals surface area contributed by atoms with E-state index in [0.29, 0.717) is 11.1 Å². The van der Waals surface area contributed by atoms with Gasteiger partial charge in [0.2, 0.25) is 5.79 Å². The molecule has 0 spiro atoms. The van der Waals surface area contributed by atoms with Gasteiger partial charge in [-0.25, -0.2) is 13.2 Å². The first-order valence-electron chi connectivity index (χ1n) is 7.42. The molecule has 0 saturated heterocycles. The first-order valence-corrected chi connectivity index (χ1v) is 10.1. The summed E-state index contributed by atoms with van der Waals surface area (Å²) in [4.78, 5) is 13.5. The second kappa shape index (κ2) is 6.33. The van der Waals surface area contributed by atoms with Crippen molar-refractivity contribution >= 4 is 33.1 Å². The number of aliphatic hydroxyl groups is 1. The van der Waals surface area contributed by atoms with E-state index in [0.717, 1.165) is 11.2 Å². The number of ether oxygens (including phenoxy) is 1. The summed E-state index contributed by atoms with van der Waals surface area (Å²) < 4.78 is 28.3. The van der Waals surface area contributed by atoms with E-state index in [1.165, 1.54) is 30.8 Å². The Kier molecular flexibility index (Phi) is 4.49. The number of carbonyl (C=O) groups excluding carboxylic acids is 1. The molecule has 0 saturated carbocycles. The summed E-state index contributed by atoms with van der Waals surface area (Å²) in [6.45, 7) is 1.39. The Bertz CT molecular complexity index is 943. The number of hydrogen-bond acceptors (Lipinski definition) is 6. The highest BCUT2D eigenvalue weighted by atomic mass is 32.2. The molecule has 7 heteroatoms. The van der Waals surface area contributed by atoms with Gasteiger partial charge in [-0.3, -0.25) is 0 Å². The van der Waals surface area contributed by atoms with Crippen molar-refractivity contribution in [2.75, 3.05) is 6.26 Å². The number of benzene rings is 2. The first-order chi connectivity index (χ1) is 11.7. The number of cyclic esters (lactones) is 1. The largest absolute Gasteiger partial charge is 0.425 e. The molecule has 1 unspecified atom stereocenters. The highest BCUT2D eigenvalue weighted by molar-refractivity contribution is 8.04. The van der Waals surface area contributed by atoms with Crippen LogP contribution in [0.5, 0.6) is 0 Å². The molecule has 0 bridgehead atoms. The lowest BCUT2D eigenvalue weighted by molar-refractivity contribution is -0.170. The average molecular weight is 376 g/mol. The molecule has 130 valence electrons. The van der Waals surface area contributed by atoms with Gasteiger partial charge in [-0.1, -0.05) is 42.1 Å². The SMILES string of the molecule is CC1(O)OC(=O)C(Sc2ccccc2)=C1c1ccc(S(C)(=O)=O)cc1. The number of sulfone groups is 1. The summed E-state index contributed by atoms with van der Waals surface area (Å²) in [6.07, 6.45) is 1.12. The van der Waals surface area contributed by atoms with Crippen molar-refractivity contribution in [3.05, 3.63) is 65.1 Å². The van der Waals surface area contributed by atoms with Crippen LogP contribution in [0.2, 0.25) is 0 Å². The number of thioether (sulfide) groups is 1. The second-order valence-electron chi connectivity index (χ2n) is 5.79. The maximum absolute atomic E-state index is 12.2. The van der Waals surface area contributed by atoms with Crippen molar-refractivity contribution in [3.8, 4) is 0 Å². The lowest BCUT2D eigenvalue weighted by Crippen LogP contribution is -2.26. The predicted molar refractivity (Wildman–Crippen MR) is 95.5 cm³/mol. The predicted octanol–water partition coefficient (Wildman–Crippen LogP) is 2.86. The van der Waals surface area contributed by atoms with Crippen LogP contribution in [0.25, 0.3) is 5.57 Å². The Hall–Kier alpha value is -2.09. The molecule has 0 aliphatic carbocycles.